The Balaban J connectivity index is 1.44. The molecule has 3 aromatic rings. The van der Waals surface area contributed by atoms with Gasteiger partial charge in [0.15, 0.2) is 11.5 Å². The molecule has 0 unspecified atom stereocenters. The Labute approximate surface area is 152 Å². The van der Waals surface area contributed by atoms with Gasteiger partial charge in [0.1, 0.15) is 17.3 Å². The predicted octanol–water partition coefficient (Wildman–Crippen LogP) is 4.08. The lowest BCUT2D eigenvalue weighted by Gasteiger charge is -2.09. The van der Waals surface area contributed by atoms with Crippen LogP contribution < -0.4 is 20.1 Å². The third-order valence-corrected chi connectivity index (χ3v) is 3.84. The molecule has 0 radical (unpaired) electrons. The molecule has 4 rings (SSSR count). The molecule has 0 spiro atoms. The van der Waals surface area contributed by atoms with Gasteiger partial charge in [0.25, 0.3) is 5.91 Å². The maximum Gasteiger partial charge on any atom is 0.274 e. The molecule has 0 saturated heterocycles. The fourth-order valence-electron chi connectivity index (χ4n) is 2.52. The molecule has 8 heteroatoms. The van der Waals surface area contributed by atoms with Crippen LogP contribution in [0.2, 0.25) is 0 Å². The van der Waals surface area contributed by atoms with Gasteiger partial charge in [-0.05, 0) is 36.4 Å². The Morgan fingerprint density at radius 3 is 2.56 bits per heavy atom. The zero-order valence-electron chi connectivity index (χ0n) is 13.8. The van der Waals surface area contributed by atoms with Crippen molar-refractivity contribution in [3.05, 3.63) is 72.1 Å². The molecule has 0 fully saturated rings. The van der Waals surface area contributed by atoms with Crippen LogP contribution in [0, 0.1) is 11.6 Å². The molecule has 0 saturated carbocycles. The lowest BCUT2D eigenvalue weighted by molar-refractivity contribution is 0.102. The molecule has 136 valence electrons. The topological polar surface area (TPSA) is 72.5 Å². The van der Waals surface area contributed by atoms with Crippen molar-refractivity contribution in [1.29, 1.82) is 0 Å². The van der Waals surface area contributed by atoms with E-state index in [0.29, 0.717) is 23.3 Å². The Hall–Kier alpha value is -3.68. The zero-order chi connectivity index (χ0) is 18.8. The van der Waals surface area contributed by atoms with Crippen LogP contribution in [-0.4, -0.2) is 17.7 Å². The number of pyridine rings is 1. The van der Waals surface area contributed by atoms with Gasteiger partial charge in [0.05, 0.1) is 17.6 Å². The van der Waals surface area contributed by atoms with Gasteiger partial charge in [0.2, 0.25) is 6.79 Å². The van der Waals surface area contributed by atoms with E-state index >= 15 is 0 Å². The first-order chi connectivity index (χ1) is 13.1. The summed E-state index contributed by atoms with van der Waals surface area (Å²) in [6, 6.07) is 11.5. The van der Waals surface area contributed by atoms with Gasteiger partial charge in [0, 0.05) is 17.8 Å². The highest BCUT2D eigenvalue weighted by Gasteiger charge is 2.14. The standard InChI is InChI=1S/C19H13F2N3O3/c20-11-1-4-15(14(21)7-11)24-19(25)16-5-2-13(9-22-16)23-12-3-6-17-18(8-12)27-10-26-17/h1-9,23H,10H2,(H,24,25). The first-order valence-electron chi connectivity index (χ1n) is 7.97. The smallest absolute Gasteiger partial charge is 0.274 e. The molecular formula is C19H13F2N3O3. The monoisotopic (exact) mass is 369 g/mol. The minimum Gasteiger partial charge on any atom is -0.454 e. The Morgan fingerprint density at radius 2 is 1.78 bits per heavy atom. The summed E-state index contributed by atoms with van der Waals surface area (Å²) in [5.74, 6) is -0.855. The fraction of sp³-hybridized carbons (Fsp3) is 0.0526. The number of halogens is 2. The Bertz CT molecular complexity index is 1010. The summed E-state index contributed by atoms with van der Waals surface area (Å²) < 4.78 is 37.1. The highest BCUT2D eigenvalue weighted by atomic mass is 19.1. The lowest BCUT2D eigenvalue weighted by Crippen LogP contribution is -2.14. The largest absolute Gasteiger partial charge is 0.454 e. The average molecular weight is 369 g/mol. The number of fused-ring (bicyclic) bond motifs is 1. The minimum atomic E-state index is -0.857. The number of benzene rings is 2. The van der Waals surface area contributed by atoms with Crippen molar-refractivity contribution < 1.29 is 23.0 Å². The van der Waals surface area contributed by atoms with Gasteiger partial charge in [-0.3, -0.25) is 4.79 Å². The third-order valence-electron chi connectivity index (χ3n) is 3.84. The van der Waals surface area contributed by atoms with Crippen LogP contribution >= 0.6 is 0 Å². The number of nitrogens with zero attached hydrogens (tertiary/aromatic N) is 1. The SMILES string of the molecule is O=C(Nc1ccc(F)cc1F)c1ccc(Nc2ccc3c(c2)OCO3)cn1. The number of aromatic nitrogens is 1. The number of hydrogen-bond acceptors (Lipinski definition) is 5. The highest BCUT2D eigenvalue weighted by molar-refractivity contribution is 6.03. The molecule has 1 amide bonds. The molecule has 1 aliphatic rings. The summed E-state index contributed by atoms with van der Waals surface area (Å²) in [5, 5.41) is 5.49. The van der Waals surface area contributed by atoms with Crippen molar-refractivity contribution in [2.45, 2.75) is 0 Å². The van der Waals surface area contributed by atoms with E-state index in [0.717, 1.165) is 17.8 Å². The molecule has 2 heterocycles. The van der Waals surface area contributed by atoms with E-state index in [1.54, 1.807) is 18.2 Å². The van der Waals surface area contributed by atoms with E-state index in [-0.39, 0.29) is 18.2 Å². The number of nitrogens with one attached hydrogen (secondary N) is 2. The summed E-state index contributed by atoms with van der Waals surface area (Å²) in [6.45, 7) is 0.193. The molecule has 2 N–H and O–H groups in total. The highest BCUT2D eigenvalue weighted by Crippen LogP contribution is 2.35. The number of ether oxygens (including phenoxy) is 2. The molecule has 0 atom stereocenters. The van der Waals surface area contributed by atoms with Crippen LogP contribution in [0.15, 0.2) is 54.7 Å². The van der Waals surface area contributed by atoms with Crippen LogP contribution in [0.3, 0.4) is 0 Å². The number of amides is 1. The summed E-state index contributed by atoms with van der Waals surface area (Å²) in [5.41, 5.74) is 1.39. The first-order valence-corrected chi connectivity index (χ1v) is 7.97. The average Bonchev–Trinajstić information content (AvgIpc) is 3.12. The van der Waals surface area contributed by atoms with Gasteiger partial charge >= 0.3 is 0 Å². The minimum absolute atomic E-state index is 0.0926. The predicted molar refractivity (Wildman–Crippen MR) is 94.4 cm³/mol. The van der Waals surface area contributed by atoms with Gasteiger partial charge in [-0.2, -0.15) is 0 Å². The fourth-order valence-corrected chi connectivity index (χ4v) is 2.52. The maximum atomic E-state index is 13.6. The number of carbonyl (C=O) groups is 1. The van der Waals surface area contributed by atoms with E-state index in [2.05, 4.69) is 15.6 Å². The molecule has 6 nitrogen and oxygen atoms in total. The normalized spacial score (nSPS) is 11.9. The first kappa shape index (κ1) is 16.8. The van der Waals surface area contributed by atoms with Gasteiger partial charge in [-0.15, -0.1) is 0 Å². The van der Waals surface area contributed by atoms with Crippen LogP contribution in [0.4, 0.5) is 25.8 Å². The van der Waals surface area contributed by atoms with Crippen molar-refractivity contribution in [2.75, 3.05) is 17.4 Å². The summed E-state index contributed by atoms with van der Waals surface area (Å²) in [7, 11) is 0. The van der Waals surface area contributed by atoms with E-state index in [1.807, 2.05) is 6.07 Å². The van der Waals surface area contributed by atoms with Crippen LogP contribution in [0.1, 0.15) is 10.5 Å². The summed E-state index contributed by atoms with van der Waals surface area (Å²) in [4.78, 5) is 16.2. The van der Waals surface area contributed by atoms with Gasteiger partial charge in [-0.1, -0.05) is 0 Å². The van der Waals surface area contributed by atoms with E-state index in [4.69, 9.17) is 9.47 Å². The second kappa shape index (κ2) is 6.91. The zero-order valence-corrected chi connectivity index (χ0v) is 13.8. The molecule has 1 aliphatic heterocycles. The van der Waals surface area contributed by atoms with E-state index < -0.39 is 17.5 Å². The Morgan fingerprint density at radius 1 is 0.963 bits per heavy atom. The van der Waals surface area contributed by atoms with Gasteiger partial charge < -0.3 is 20.1 Å². The number of rotatable bonds is 4. The third kappa shape index (κ3) is 3.64. The van der Waals surface area contributed by atoms with Crippen molar-refractivity contribution in [3.8, 4) is 11.5 Å². The van der Waals surface area contributed by atoms with Crippen molar-refractivity contribution in [1.82, 2.24) is 4.98 Å². The number of anilines is 3. The molecule has 0 aliphatic carbocycles. The molecule has 1 aromatic heterocycles. The number of carbonyl (C=O) groups excluding carboxylic acids is 1. The van der Waals surface area contributed by atoms with Crippen molar-refractivity contribution in [3.63, 3.8) is 0 Å². The van der Waals surface area contributed by atoms with E-state index in [1.165, 1.54) is 12.3 Å². The second-order valence-electron chi connectivity index (χ2n) is 5.70. The molecular weight excluding hydrogens is 356 g/mol. The summed E-state index contributed by atoms with van der Waals surface area (Å²) in [6.07, 6.45) is 1.47. The maximum absolute atomic E-state index is 13.6. The van der Waals surface area contributed by atoms with Crippen LogP contribution in [-0.2, 0) is 0 Å². The van der Waals surface area contributed by atoms with Crippen LogP contribution in [0.5, 0.6) is 11.5 Å². The van der Waals surface area contributed by atoms with E-state index in [9.17, 15) is 13.6 Å². The molecule has 0 bridgehead atoms. The molecule has 27 heavy (non-hydrogen) atoms. The summed E-state index contributed by atoms with van der Waals surface area (Å²) >= 11 is 0. The van der Waals surface area contributed by atoms with Crippen molar-refractivity contribution >= 4 is 23.0 Å². The Kier molecular flexibility index (Phi) is 4.29. The number of hydrogen-bond donors (Lipinski definition) is 2. The van der Waals surface area contributed by atoms with Crippen molar-refractivity contribution in [2.24, 2.45) is 0 Å². The lowest BCUT2D eigenvalue weighted by atomic mass is 10.2. The molecule has 2 aromatic carbocycles. The van der Waals surface area contributed by atoms with Crippen LogP contribution in [0.25, 0.3) is 0 Å². The van der Waals surface area contributed by atoms with Gasteiger partial charge in [-0.25, -0.2) is 13.8 Å². The quantitative estimate of drug-likeness (QED) is 0.725. The second-order valence-corrected chi connectivity index (χ2v) is 5.70.